The summed E-state index contributed by atoms with van der Waals surface area (Å²) in [4.78, 5) is 0. The van der Waals surface area contributed by atoms with Crippen molar-refractivity contribution < 1.29 is 5.11 Å². The van der Waals surface area contributed by atoms with Gasteiger partial charge in [-0.2, -0.15) is 5.26 Å². The normalized spacial score (nSPS) is 9.18. The van der Waals surface area contributed by atoms with Crippen LogP contribution < -0.4 is 0 Å². The summed E-state index contributed by atoms with van der Waals surface area (Å²) in [5.74, 6) is 0.0967. The van der Waals surface area contributed by atoms with E-state index < -0.39 is 0 Å². The van der Waals surface area contributed by atoms with Gasteiger partial charge in [0.15, 0.2) is 0 Å². The molecule has 1 N–H and O–H groups in total. The van der Waals surface area contributed by atoms with Gasteiger partial charge in [-0.05, 0) is 41.6 Å². The number of nitrogens with zero attached hydrogens (tertiary/aromatic N) is 1. The van der Waals surface area contributed by atoms with E-state index in [4.69, 9.17) is 5.26 Å². The minimum atomic E-state index is 0.0967. The summed E-state index contributed by atoms with van der Waals surface area (Å²) in [6.45, 7) is 1.79. The van der Waals surface area contributed by atoms with Gasteiger partial charge in [0, 0.05) is 9.13 Å². The molecule has 0 aliphatic rings. The number of halogens is 1. The second-order valence-electron chi connectivity index (χ2n) is 2.18. The fourth-order valence-electron chi connectivity index (χ4n) is 0.766. The van der Waals surface area contributed by atoms with Gasteiger partial charge in [-0.1, -0.05) is 0 Å². The Bertz CT molecular complexity index is 328. The average molecular weight is 259 g/mol. The first-order valence-corrected chi connectivity index (χ1v) is 4.13. The van der Waals surface area contributed by atoms with E-state index in [1.165, 1.54) is 0 Å². The van der Waals surface area contributed by atoms with Crippen molar-refractivity contribution in [3.8, 4) is 11.8 Å². The topological polar surface area (TPSA) is 44.0 Å². The van der Waals surface area contributed by atoms with Crippen LogP contribution in [0.4, 0.5) is 0 Å². The summed E-state index contributed by atoms with van der Waals surface area (Å²) in [6.07, 6.45) is 0. The Hall–Kier alpha value is -0.760. The number of phenols is 1. The first-order chi connectivity index (χ1) is 5.16. The van der Waals surface area contributed by atoms with Crippen molar-refractivity contribution in [2.45, 2.75) is 6.92 Å². The number of rotatable bonds is 0. The summed E-state index contributed by atoms with van der Waals surface area (Å²) in [7, 11) is 0. The van der Waals surface area contributed by atoms with Crippen molar-refractivity contribution in [3.63, 3.8) is 0 Å². The molecule has 0 spiro atoms. The van der Waals surface area contributed by atoms with Crippen LogP contribution in [0.15, 0.2) is 12.1 Å². The Morgan fingerprint density at radius 1 is 1.55 bits per heavy atom. The number of aromatic hydroxyl groups is 1. The molecule has 0 unspecified atom stereocenters. The molecule has 1 aromatic carbocycles. The van der Waals surface area contributed by atoms with E-state index in [9.17, 15) is 5.11 Å². The number of hydrogen-bond acceptors (Lipinski definition) is 2. The highest BCUT2D eigenvalue weighted by molar-refractivity contribution is 14.1. The molecule has 2 nitrogen and oxygen atoms in total. The molecule has 1 aromatic rings. The molecule has 3 heteroatoms. The van der Waals surface area contributed by atoms with E-state index in [-0.39, 0.29) is 5.75 Å². The van der Waals surface area contributed by atoms with Gasteiger partial charge < -0.3 is 5.11 Å². The fraction of sp³-hybridized carbons (Fsp3) is 0.125. The summed E-state index contributed by atoms with van der Waals surface area (Å²) in [5, 5.41) is 17.9. The predicted octanol–water partition coefficient (Wildman–Crippen LogP) is 2.18. The molecular weight excluding hydrogens is 253 g/mol. The van der Waals surface area contributed by atoms with Gasteiger partial charge in [0.25, 0.3) is 0 Å². The van der Waals surface area contributed by atoms with Crippen LogP contribution in [0.1, 0.15) is 11.1 Å². The Labute approximate surface area is 78.6 Å². The first kappa shape index (κ1) is 8.34. The van der Waals surface area contributed by atoms with Crippen LogP contribution in [0.3, 0.4) is 0 Å². The molecule has 0 saturated heterocycles. The van der Waals surface area contributed by atoms with E-state index in [0.29, 0.717) is 5.56 Å². The molecule has 0 bridgehead atoms. The summed E-state index contributed by atoms with van der Waals surface area (Å²) < 4.78 is 0.971. The van der Waals surface area contributed by atoms with Crippen molar-refractivity contribution in [2.75, 3.05) is 0 Å². The number of benzene rings is 1. The zero-order valence-electron chi connectivity index (χ0n) is 5.93. The van der Waals surface area contributed by atoms with Crippen LogP contribution in [-0.2, 0) is 0 Å². The molecule has 56 valence electrons. The summed E-state index contributed by atoms with van der Waals surface area (Å²) in [5.41, 5.74) is 1.10. The van der Waals surface area contributed by atoms with E-state index >= 15 is 0 Å². The van der Waals surface area contributed by atoms with Crippen molar-refractivity contribution in [1.82, 2.24) is 0 Å². The molecular formula is C8H6INO. The minimum absolute atomic E-state index is 0.0967. The van der Waals surface area contributed by atoms with Gasteiger partial charge in [-0.25, -0.2) is 0 Å². The van der Waals surface area contributed by atoms with Crippen molar-refractivity contribution in [2.24, 2.45) is 0 Å². The monoisotopic (exact) mass is 259 g/mol. The Balaban J connectivity index is 3.40. The van der Waals surface area contributed by atoms with Crippen LogP contribution in [-0.4, -0.2) is 5.11 Å². The van der Waals surface area contributed by atoms with Crippen LogP contribution in [0, 0.1) is 21.8 Å². The number of hydrogen-bond donors (Lipinski definition) is 1. The molecule has 0 radical (unpaired) electrons. The standard InChI is InChI=1S/C8H6INO/c1-5-7(9)3-2-6(4-10)8(5)11/h2-3,11H,1H3. The van der Waals surface area contributed by atoms with E-state index in [1.54, 1.807) is 13.0 Å². The second kappa shape index (κ2) is 3.09. The molecule has 0 aliphatic heterocycles. The largest absolute Gasteiger partial charge is 0.506 e. The third-order valence-corrected chi connectivity index (χ3v) is 2.65. The van der Waals surface area contributed by atoms with Crippen LogP contribution in [0.2, 0.25) is 0 Å². The van der Waals surface area contributed by atoms with Gasteiger partial charge in [0.1, 0.15) is 11.8 Å². The van der Waals surface area contributed by atoms with Crippen LogP contribution >= 0.6 is 22.6 Å². The average Bonchev–Trinajstić information content (AvgIpc) is 2.01. The molecule has 0 amide bonds. The van der Waals surface area contributed by atoms with Crippen molar-refractivity contribution in [1.29, 1.82) is 5.26 Å². The van der Waals surface area contributed by atoms with E-state index in [2.05, 4.69) is 22.6 Å². The van der Waals surface area contributed by atoms with Crippen molar-refractivity contribution in [3.05, 3.63) is 26.8 Å². The van der Waals surface area contributed by atoms with E-state index in [1.807, 2.05) is 12.1 Å². The highest BCUT2D eigenvalue weighted by Crippen LogP contribution is 2.25. The maximum absolute atomic E-state index is 9.35. The molecule has 0 aliphatic carbocycles. The lowest BCUT2D eigenvalue weighted by Crippen LogP contribution is -1.84. The maximum Gasteiger partial charge on any atom is 0.137 e. The fourth-order valence-corrected chi connectivity index (χ4v) is 1.20. The van der Waals surface area contributed by atoms with Gasteiger partial charge in [-0.15, -0.1) is 0 Å². The van der Waals surface area contributed by atoms with Gasteiger partial charge in [-0.3, -0.25) is 0 Å². The zero-order chi connectivity index (χ0) is 8.43. The molecule has 0 fully saturated rings. The predicted molar refractivity (Wildman–Crippen MR) is 50.3 cm³/mol. The van der Waals surface area contributed by atoms with Gasteiger partial charge in [0.2, 0.25) is 0 Å². The maximum atomic E-state index is 9.35. The second-order valence-corrected chi connectivity index (χ2v) is 3.34. The Morgan fingerprint density at radius 2 is 2.18 bits per heavy atom. The number of phenolic OH excluding ortho intramolecular Hbond substituents is 1. The first-order valence-electron chi connectivity index (χ1n) is 3.05. The summed E-state index contributed by atoms with van der Waals surface area (Å²) >= 11 is 2.11. The summed E-state index contributed by atoms with van der Waals surface area (Å²) in [6, 6.07) is 5.34. The Morgan fingerprint density at radius 3 is 2.73 bits per heavy atom. The van der Waals surface area contributed by atoms with Gasteiger partial charge in [0.05, 0.1) is 5.56 Å². The lowest BCUT2D eigenvalue weighted by Gasteiger charge is -2.01. The smallest absolute Gasteiger partial charge is 0.137 e. The van der Waals surface area contributed by atoms with Gasteiger partial charge >= 0.3 is 0 Å². The highest BCUT2D eigenvalue weighted by atomic mass is 127. The molecule has 0 heterocycles. The molecule has 0 aromatic heterocycles. The van der Waals surface area contributed by atoms with Crippen LogP contribution in [0.25, 0.3) is 0 Å². The SMILES string of the molecule is Cc1c(I)ccc(C#N)c1O. The lowest BCUT2D eigenvalue weighted by molar-refractivity contribution is 0.469. The third-order valence-electron chi connectivity index (χ3n) is 1.49. The zero-order valence-corrected chi connectivity index (χ0v) is 8.08. The molecule has 0 saturated carbocycles. The number of nitriles is 1. The quantitative estimate of drug-likeness (QED) is 0.725. The Kier molecular flexibility index (Phi) is 2.35. The van der Waals surface area contributed by atoms with Crippen LogP contribution in [0.5, 0.6) is 5.75 Å². The molecule has 11 heavy (non-hydrogen) atoms. The molecule has 1 rings (SSSR count). The third kappa shape index (κ3) is 1.46. The lowest BCUT2D eigenvalue weighted by atomic mass is 10.1. The molecule has 0 atom stereocenters. The van der Waals surface area contributed by atoms with Crippen molar-refractivity contribution >= 4 is 22.6 Å². The highest BCUT2D eigenvalue weighted by Gasteiger charge is 2.05. The minimum Gasteiger partial charge on any atom is -0.506 e. The van der Waals surface area contributed by atoms with E-state index in [0.717, 1.165) is 9.13 Å².